The van der Waals surface area contributed by atoms with Gasteiger partial charge in [0.25, 0.3) is 5.56 Å². The number of nitrogen functional groups attached to an aromatic ring is 1. The van der Waals surface area contributed by atoms with Crippen LogP contribution in [0.25, 0.3) is 10.9 Å². The fourth-order valence-corrected chi connectivity index (χ4v) is 3.59. The second-order valence-electron chi connectivity index (χ2n) is 6.64. The van der Waals surface area contributed by atoms with E-state index in [1.807, 2.05) is 37.3 Å². The number of amides is 1. The third kappa shape index (κ3) is 3.28. The number of nitrogens with two attached hydrogens (primary N) is 1. The van der Waals surface area contributed by atoms with Crippen molar-refractivity contribution < 1.29 is 4.79 Å². The van der Waals surface area contributed by atoms with E-state index in [1.165, 1.54) is 10.9 Å². The number of fused-ring (bicyclic) bond motifs is 2. The molecule has 2 N–H and O–H groups in total. The Balaban J connectivity index is 0.00000210. The minimum absolute atomic E-state index is 0. The molecule has 0 radical (unpaired) electrons. The summed E-state index contributed by atoms with van der Waals surface area (Å²) in [6.07, 6.45) is 3.18. The molecule has 0 fully saturated rings. The molecule has 2 heterocycles. The van der Waals surface area contributed by atoms with E-state index in [2.05, 4.69) is 4.98 Å². The first-order valence-corrected chi connectivity index (χ1v) is 8.69. The van der Waals surface area contributed by atoms with Crippen LogP contribution < -0.4 is 16.2 Å². The summed E-state index contributed by atoms with van der Waals surface area (Å²) >= 11 is 0. The van der Waals surface area contributed by atoms with Crippen molar-refractivity contribution >= 4 is 40.6 Å². The average Bonchev–Trinajstić information content (AvgIpc) is 2.64. The molecule has 140 valence electrons. The highest BCUT2D eigenvalue weighted by atomic mass is 35.5. The van der Waals surface area contributed by atoms with E-state index in [4.69, 9.17) is 5.73 Å². The minimum atomic E-state index is -0.197. The summed E-state index contributed by atoms with van der Waals surface area (Å²) in [4.78, 5) is 31.7. The molecule has 0 bridgehead atoms. The molecule has 3 aromatic rings. The summed E-state index contributed by atoms with van der Waals surface area (Å²) in [5, 5.41) is 0.531. The first-order valence-electron chi connectivity index (χ1n) is 8.69. The molecule has 1 aliphatic heterocycles. The molecule has 0 unspecified atom stereocenters. The Morgan fingerprint density at radius 2 is 2.00 bits per heavy atom. The Morgan fingerprint density at radius 3 is 2.81 bits per heavy atom. The van der Waals surface area contributed by atoms with Crippen LogP contribution >= 0.6 is 12.4 Å². The van der Waals surface area contributed by atoms with E-state index in [-0.39, 0.29) is 30.4 Å². The van der Waals surface area contributed by atoms with Crippen LogP contribution in [0.3, 0.4) is 0 Å². The summed E-state index contributed by atoms with van der Waals surface area (Å²) in [5.74, 6) is -0.132. The first-order chi connectivity index (χ1) is 12.6. The molecule has 0 saturated heterocycles. The minimum Gasteiger partial charge on any atom is -0.398 e. The lowest BCUT2D eigenvalue weighted by molar-refractivity contribution is -0.119. The molecule has 1 aliphatic rings. The number of carbonyl (C=O) groups is 1. The zero-order chi connectivity index (χ0) is 18.3. The number of carbonyl (C=O) groups excluding carboxylic acids is 1. The summed E-state index contributed by atoms with van der Waals surface area (Å²) in [6, 6.07) is 11.1. The zero-order valence-corrected chi connectivity index (χ0v) is 15.8. The molecule has 1 aromatic heterocycles. The lowest BCUT2D eigenvalue weighted by atomic mass is 10.00. The summed E-state index contributed by atoms with van der Waals surface area (Å²) in [6.45, 7) is 2.51. The Labute approximate surface area is 163 Å². The molecule has 0 aliphatic carbocycles. The second-order valence-corrected chi connectivity index (χ2v) is 6.64. The van der Waals surface area contributed by atoms with E-state index in [0.29, 0.717) is 23.1 Å². The molecule has 0 atom stereocenters. The van der Waals surface area contributed by atoms with Gasteiger partial charge in [-0.15, -0.1) is 12.4 Å². The third-order valence-electron chi connectivity index (χ3n) is 4.95. The fourth-order valence-electron chi connectivity index (χ4n) is 3.59. The molecule has 4 rings (SSSR count). The van der Waals surface area contributed by atoms with Gasteiger partial charge in [-0.05, 0) is 49.1 Å². The Kier molecular flexibility index (Phi) is 5.19. The van der Waals surface area contributed by atoms with Gasteiger partial charge in [-0.25, -0.2) is 4.98 Å². The number of halogens is 1. The van der Waals surface area contributed by atoms with Crippen LogP contribution in [0.5, 0.6) is 0 Å². The van der Waals surface area contributed by atoms with Gasteiger partial charge in [0.15, 0.2) is 0 Å². The average molecular weight is 385 g/mol. The van der Waals surface area contributed by atoms with Crippen molar-refractivity contribution in [1.29, 1.82) is 0 Å². The van der Waals surface area contributed by atoms with Crippen LogP contribution in [0, 0.1) is 6.92 Å². The maximum absolute atomic E-state index is 12.9. The highest BCUT2D eigenvalue weighted by Crippen LogP contribution is 2.31. The number of hydrogen-bond donors (Lipinski definition) is 1. The van der Waals surface area contributed by atoms with Crippen molar-refractivity contribution in [2.45, 2.75) is 26.3 Å². The van der Waals surface area contributed by atoms with Gasteiger partial charge < -0.3 is 10.6 Å². The van der Waals surface area contributed by atoms with Crippen molar-refractivity contribution in [1.82, 2.24) is 9.55 Å². The van der Waals surface area contributed by atoms with Crippen molar-refractivity contribution in [3.63, 3.8) is 0 Å². The van der Waals surface area contributed by atoms with Gasteiger partial charge >= 0.3 is 0 Å². The van der Waals surface area contributed by atoms with Gasteiger partial charge in [-0.2, -0.15) is 0 Å². The fraction of sp³-hybridized carbons (Fsp3) is 0.250. The zero-order valence-electron chi connectivity index (χ0n) is 15.0. The normalized spacial score (nSPS) is 13.1. The third-order valence-corrected chi connectivity index (χ3v) is 4.95. The topological polar surface area (TPSA) is 81.2 Å². The molecule has 7 heteroatoms. The van der Waals surface area contributed by atoms with Crippen LogP contribution in [0.4, 0.5) is 11.4 Å². The van der Waals surface area contributed by atoms with Crippen LogP contribution in [0.2, 0.25) is 0 Å². The van der Waals surface area contributed by atoms with E-state index in [1.54, 1.807) is 11.0 Å². The number of para-hydroxylation sites is 1. The molecular weight excluding hydrogens is 364 g/mol. The van der Waals surface area contributed by atoms with Crippen molar-refractivity contribution in [2.75, 3.05) is 17.2 Å². The van der Waals surface area contributed by atoms with E-state index < -0.39 is 0 Å². The van der Waals surface area contributed by atoms with Crippen molar-refractivity contribution in [2.24, 2.45) is 0 Å². The predicted molar refractivity (Wildman–Crippen MR) is 110 cm³/mol. The SMILES string of the molecule is Cc1cccc2c(=O)n(CC(=O)N3CCCc4c(N)cccc43)cnc12.Cl. The molecule has 27 heavy (non-hydrogen) atoms. The lowest BCUT2D eigenvalue weighted by Crippen LogP contribution is -2.39. The Hall–Kier alpha value is -2.86. The molecule has 6 nitrogen and oxygen atoms in total. The van der Waals surface area contributed by atoms with Crippen LogP contribution in [0.15, 0.2) is 47.5 Å². The number of hydrogen-bond acceptors (Lipinski definition) is 4. The summed E-state index contributed by atoms with van der Waals surface area (Å²) in [7, 11) is 0. The van der Waals surface area contributed by atoms with Crippen molar-refractivity contribution in [3.05, 3.63) is 64.2 Å². The predicted octanol–water partition coefficient (Wildman–Crippen LogP) is 2.69. The van der Waals surface area contributed by atoms with Crippen LogP contribution in [-0.2, 0) is 17.8 Å². The molecule has 0 spiro atoms. The van der Waals surface area contributed by atoms with E-state index in [9.17, 15) is 9.59 Å². The highest BCUT2D eigenvalue weighted by Gasteiger charge is 2.24. The molecule has 2 aromatic carbocycles. The van der Waals surface area contributed by atoms with Gasteiger partial charge in [0.2, 0.25) is 5.91 Å². The van der Waals surface area contributed by atoms with Gasteiger partial charge in [0.1, 0.15) is 6.54 Å². The highest BCUT2D eigenvalue weighted by molar-refractivity contribution is 5.95. The lowest BCUT2D eigenvalue weighted by Gasteiger charge is -2.30. The monoisotopic (exact) mass is 384 g/mol. The number of aryl methyl sites for hydroxylation is 1. The van der Waals surface area contributed by atoms with Crippen LogP contribution in [0.1, 0.15) is 17.5 Å². The number of rotatable bonds is 2. The second kappa shape index (κ2) is 7.40. The summed E-state index contributed by atoms with van der Waals surface area (Å²) in [5.41, 5.74) is 10.0. The maximum atomic E-state index is 12.9. The van der Waals surface area contributed by atoms with Gasteiger partial charge in [-0.1, -0.05) is 18.2 Å². The van der Waals surface area contributed by atoms with Gasteiger partial charge in [-0.3, -0.25) is 14.2 Å². The number of aromatic nitrogens is 2. The smallest absolute Gasteiger partial charge is 0.261 e. The summed E-state index contributed by atoms with van der Waals surface area (Å²) < 4.78 is 1.38. The van der Waals surface area contributed by atoms with E-state index in [0.717, 1.165) is 29.7 Å². The Bertz CT molecular complexity index is 1080. The largest absolute Gasteiger partial charge is 0.398 e. The van der Waals surface area contributed by atoms with Gasteiger partial charge in [0, 0.05) is 17.9 Å². The standard InChI is InChI=1S/C20H20N4O2.ClH/c1-13-5-2-6-15-19(13)22-12-23(20(15)26)11-18(25)24-10-4-7-14-16(21)8-3-9-17(14)24;/h2-3,5-6,8-9,12H,4,7,10-11,21H2,1H3;1H. The molecule has 0 saturated carbocycles. The number of benzene rings is 2. The van der Waals surface area contributed by atoms with Gasteiger partial charge in [0.05, 0.1) is 17.2 Å². The maximum Gasteiger partial charge on any atom is 0.261 e. The van der Waals surface area contributed by atoms with Crippen LogP contribution in [-0.4, -0.2) is 22.0 Å². The Morgan fingerprint density at radius 1 is 1.22 bits per heavy atom. The van der Waals surface area contributed by atoms with Crippen molar-refractivity contribution in [3.8, 4) is 0 Å². The number of anilines is 2. The first kappa shape index (κ1) is 18.9. The molecule has 1 amide bonds. The molecular formula is C20H21ClN4O2. The number of nitrogens with zero attached hydrogens (tertiary/aromatic N) is 3. The quantitative estimate of drug-likeness (QED) is 0.689. The van der Waals surface area contributed by atoms with E-state index >= 15 is 0 Å².